The van der Waals surface area contributed by atoms with Crippen molar-refractivity contribution >= 4 is 6.21 Å². The van der Waals surface area contributed by atoms with Crippen molar-refractivity contribution in [2.75, 3.05) is 33.9 Å². The first-order valence-corrected chi connectivity index (χ1v) is 6.19. The molecule has 0 aromatic heterocycles. The quantitative estimate of drug-likeness (QED) is 0.238. The van der Waals surface area contributed by atoms with Crippen molar-refractivity contribution in [2.45, 2.75) is 25.8 Å². The van der Waals surface area contributed by atoms with E-state index in [4.69, 9.17) is 5.11 Å². The molecule has 0 aromatic rings. The molecule has 0 aliphatic rings. The summed E-state index contributed by atoms with van der Waals surface area (Å²) in [6.45, 7) is 4.02. The number of aliphatic imine (C=N–C) groups is 1. The summed E-state index contributed by atoms with van der Waals surface area (Å²) in [7, 11) is 3.57. The van der Waals surface area contributed by atoms with Crippen LogP contribution in [0.3, 0.4) is 0 Å². The molecule has 0 heterocycles. The van der Waals surface area contributed by atoms with E-state index in [9.17, 15) is 5.11 Å². The molecule has 2 unspecified atom stereocenters. The smallest absolute Gasteiger partial charge is 0.124 e. The Morgan fingerprint density at radius 3 is 2.72 bits per heavy atom. The highest BCUT2D eigenvalue weighted by molar-refractivity contribution is 5.70. The van der Waals surface area contributed by atoms with Crippen molar-refractivity contribution in [2.24, 2.45) is 4.99 Å². The molecule has 6 heteroatoms. The van der Waals surface area contributed by atoms with Crippen molar-refractivity contribution in [3.05, 3.63) is 12.2 Å². The third-order valence-electron chi connectivity index (χ3n) is 2.49. The van der Waals surface area contributed by atoms with Crippen LogP contribution in [0.2, 0.25) is 0 Å². The second-order valence-corrected chi connectivity index (χ2v) is 4.07. The van der Waals surface area contributed by atoms with Gasteiger partial charge in [-0.15, -0.1) is 0 Å². The van der Waals surface area contributed by atoms with Crippen LogP contribution in [0.15, 0.2) is 17.1 Å². The van der Waals surface area contributed by atoms with E-state index in [0.29, 0.717) is 6.67 Å². The Bertz CT molecular complexity index is 244. The zero-order chi connectivity index (χ0) is 13.8. The Labute approximate surface area is 109 Å². The van der Waals surface area contributed by atoms with E-state index in [1.54, 1.807) is 32.3 Å². The zero-order valence-corrected chi connectivity index (χ0v) is 11.5. The number of hydrogen-bond acceptors (Lipinski definition) is 6. The third-order valence-corrected chi connectivity index (χ3v) is 2.49. The maximum Gasteiger partial charge on any atom is 0.124 e. The molecule has 4 N–H and O–H groups in total. The molecular weight excluding hydrogens is 232 g/mol. The van der Waals surface area contributed by atoms with Gasteiger partial charge in [0.2, 0.25) is 0 Å². The highest BCUT2D eigenvalue weighted by Gasteiger charge is 2.02. The van der Waals surface area contributed by atoms with Gasteiger partial charge >= 0.3 is 0 Å². The van der Waals surface area contributed by atoms with Crippen LogP contribution in [0, 0.1) is 0 Å². The number of aliphatic hydroxyl groups is 2. The lowest BCUT2D eigenvalue weighted by Gasteiger charge is -2.19. The predicted molar refractivity (Wildman–Crippen MR) is 74.5 cm³/mol. The summed E-state index contributed by atoms with van der Waals surface area (Å²) in [5.41, 5.74) is 0. The first-order valence-electron chi connectivity index (χ1n) is 6.19. The van der Waals surface area contributed by atoms with E-state index >= 15 is 0 Å². The fourth-order valence-electron chi connectivity index (χ4n) is 1.15. The van der Waals surface area contributed by atoms with Crippen LogP contribution >= 0.6 is 0 Å². The summed E-state index contributed by atoms with van der Waals surface area (Å²) >= 11 is 0. The van der Waals surface area contributed by atoms with Crippen LogP contribution < -0.4 is 10.6 Å². The maximum absolute atomic E-state index is 9.23. The van der Waals surface area contributed by atoms with Gasteiger partial charge in [-0.1, -0.05) is 0 Å². The van der Waals surface area contributed by atoms with Gasteiger partial charge in [0.25, 0.3) is 0 Å². The Morgan fingerprint density at radius 2 is 2.11 bits per heavy atom. The molecule has 0 saturated heterocycles. The normalized spacial score (nSPS) is 15.9. The lowest BCUT2D eigenvalue weighted by molar-refractivity contribution is 0.0379. The number of aliphatic hydroxyl groups excluding tert-OH is 2. The molecule has 0 aliphatic carbocycles. The van der Waals surface area contributed by atoms with Gasteiger partial charge in [-0.3, -0.25) is 20.5 Å². The largest absolute Gasteiger partial charge is 0.379 e. The third kappa shape index (κ3) is 10.4. The summed E-state index contributed by atoms with van der Waals surface area (Å²) in [5.74, 6) is 0. The average molecular weight is 258 g/mol. The number of likely N-dealkylation sites (N-methyl/N-ethyl adjacent to an activating group) is 1. The standard InChI is InChI=1S/C12H26N4O2/c1-11(17)16(3)9-5-8-15-10-14-7-4-6-12(18)13-2/h4,6-7,11-13,15,17-18H,5,8-10H2,1-3H3/b6-4+,14-7-. The topological polar surface area (TPSA) is 80.1 Å². The van der Waals surface area contributed by atoms with E-state index in [2.05, 4.69) is 15.6 Å². The summed E-state index contributed by atoms with van der Waals surface area (Å²) in [6, 6.07) is 0. The molecule has 0 radical (unpaired) electrons. The minimum absolute atomic E-state index is 0.397. The molecule has 106 valence electrons. The van der Waals surface area contributed by atoms with E-state index in [-0.39, 0.29) is 0 Å². The summed E-state index contributed by atoms with van der Waals surface area (Å²) in [4.78, 5) is 5.99. The van der Waals surface area contributed by atoms with E-state index in [1.807, 2.05) is 11.9 Å². The Morgan fingerprint density at radius 1 is 1.39 bits per heavy atom. The van der Waals surface area contributed by atoms with Crippen molar-refractivity contribution in [1.29, 1.82) is 0 Å². The van der Waals surface area contributed by atoms with Crippen LogP contribution in [0.25, 0.3) is 0 Å². The van der Waals surface area contributed by atoms with Crippen LogP contribution in [0.5, 0.6) is 0 Å². The molecule has 0 aliphatic heterocycles. The van der Waals surface area contributed by atoms with Gasteiger partial charge in [0.05, 0.1) is 6.67 Å². The molecule has 2 atom stereocenters. The second kappa shape index (κ2) is 11.3. The molecule has 0 spiro atoms. The van der Waals surface area contributed by atoms with Crippen LogP contribution in [-0.4, -0.2) is 67.6 Å². The SMILES string of the molecule is CNC(O)/C=C/C=N\CNCCCN(C)C(C)O. The number of allylic oxidation sites excluding steroid dienone is 1. The first kappa shape index (κ1) is 17.2. The highest BCUT2D eigenvalue weighted by Crippen LogP contribution is 1.91. The van der Waals surface area contributed by atoms with E-state index in [0.717, 1.165) is 19.5 Å². The number of rotatable bonds is 10. The molecule has 0 bridgehead atoms. The van der Waals surface area contributed by atoms with E-state index < -0.39 is 12.5 Å². The fraction of sp³-hybridized carbons (Fsp3) is 0.750. The van der Waals surface area contributed by atoms with Crippen molar-refractivity contribution in [1.82, 2.24) is 15.5 Å². The molecule has 18 heavy (non-hydrogen) atoms. The summed E-state index contributed by atoms with van der Waals surface area (Å²) in [6.07, 6.45) is 4.90. The number of nitrogens with zero attached hydrogens (tertiary/aromatic N) is 2. The Hall–Kier alpha value is -0.790. The van der Waals surface area contributed by atoms with Crippen molar-refractivity contribution < 1.29 is 10.2 Å². The lowest BCUT2D eigenvalue weighted by Crippen LogP contribution is -2.31. The number of nitrogens with one attached hydrogen (secondary N) is 2. The molecule has 0 saturated carbocycles. The average Bonchev–Trinajstić information content (AvgIpc) is 2.35. The van der Waals surface area contributed by atoms with Crippen LogP contribution in [0.4, 0.5) is 0 Å². The molecule has 6 nitrogen and oxygen atoms in total. The zero-order valence-electron chi connectivity index (χ0n) is 11.5. The lowest BCUT2D eigenvalue weighted by atomic mass is 10.4. The van der Waals surface area contributed by atoms with Gasteiger partial charge in [0.15, 0.2) is 0 Å². The molecule has 0 fully saturated rings. The van der Waals surface area contributed by atoms with Crippen molar-refractivity contribution in [3.8, 4) is 0 Å². The summed E-state index contributed by atoms with van der Waals surface area (Å²) < 4.78 is 0. The predicted octanol–water partition coefficient (Wildman–Crippen LogP) is -0.641. The number of hydrogen-bond donors (Lipinski definition) is 4. The maximum atomic E-state index is 9.23. The van der Waals surface area contributed by atoms with Gasteiger partial charge < -0.3 is 10.2 Å². The van der Waals surface area contributed by atoms with Gasteiger partial charge in [-0.05, 0) is 46.1 Å². The van der Waals surface area contributed by atoms with E-state index in [1.165, 1.54) is 0 Å². The van der Waals surface area contributed by atoms with Gasteiger partial charge in [0.1, 0.15) is 12.5 Å². The fourth-order valence-corrected chi connectivity index (χ4v) is 1.15. The van der Waals surface area contributed by atoms with Crippen LogP contribution in [-0.2, 0) is 0 Å². The molecule has 0 aromatic carbocycles. The minimum atomic E-state index is -0.625. The summed E-state index contributed by atoms with van der Waals surface area (Å²) in [5, 5.41) is 24.2. The second-order valence-electron chi connectivity index (χ2n) is 4.07. The molecule has 0 rings (SSSR count). The van der Waals surface area contributed by atoms with Crippen LogP contribution in [0.1, 0.15) is 13.3 Å². The monoisotopic (exact) mass is 258 g/mol. The Kier molecular flexibility index (Phi) is 10.8. The van der Waals surface area contributed by atoms with Gasteiger partial charge in [-0.25, -0.2) is 0 Å². The minimum Gasteiger partial charge on any atom is -0.379 e. The molecule has 0 amide bonds. The molecular formula is C12H26N4O2. The van der Waals surface area contributed by atoms with Crippen molar-refractivity contribution in [3.63, 3.8) is 0 Å². The van der Waals surface area contributed by atoms with Gasteiger partial charge in [0, 0.05) is 12.8 Å². The first-order chi connectivity index (χ1) is 8.57. The highest BCUT2D eigenvalue weighted by atomic mass is 16.3. The Balaban J connectivity index is 3.40. The van der Waals surface area contributed by atoms with Gasteiger partial charge in [-0.2, -0.15) is 0 Å².